The van der Waals surface area contributed by atoms with Crippen molar-refractivity contribution in [3.05, 3.63) is 35.9 Å². The summed E-state index contributed by atoms with van der Waals surface area (Å²) in [7, 11) is 0. The van der Waals surface area contributed by atoms with Crippen molar-refractivity contribution < 1.29 is 8.78 Å². The molecule has 1 atom stereocenters. The van der Waals surface area contributed by atoms with Gasteiger partial charge in [0.05, 0.1) is 6.04 Å². The zero-order chi connectivity index (χ0) is 10.7. The largest absolute Gasteiger partial charge is 0.308 e. The standard InChI is InChI=1S/C12H15F2N/c13-12(14)7-4-8-15-11(12)9-10-5-2-1-3-6-10/h1-3,5-6,11,15H,4,7-9H2/t11-/m0/s1. The van der Waals surface area contributed by atoms with E-state index >= 15 is 0 Å². The Bertz CT molecular complexity index is 311. The molecular formula is C12H15F2N. The molecule has 0 aromatic heterocycles. The van der Waals surface area contributed by atoms with Crippen molar-refractivity contribution in [1.29, 1.82) is 0 Å². The minimum absolute atomic E-state index is 0.0114. The number of benzene rings is 1. The predicted molar refractivity (Wildman–Crippen MR) is 56.1 cm³/mol. The molecule has 2 rings (SSSR count). The minimum atomic E-state index is -2.56. The Labute approximate surface area is 88.5 Å². The summed E-state index contributed by atoms with van der Waals surface area (Å²) in [6.07, 6.45) is 0.990. The molecule has 0 aliphatic carbocycles. The van der Waals surface area contributed by atoms with Gasteiger partial charge in [-0.15, -0.1) is 0 Å². The van der Waals surface area contributed by atoms with Crippen LogP contribution in [0.5, 0.6) is 0 Å². The molecule has 1 N–H and O–H groups in total. The molecule has 1 aromatic rings. The number of hydrogen-bond donors (Lipinski definition) is 1. The summed E-state index contributed by atoms with van der Waals surface area (Å²) in [4.78, 5) is 0. The van der Waals surface area contributed by atoms with Crippen LogP contribution in [0.2, 0.25) is 0 Å². The van der Waals surface area contributed by atoms with E-state index < -0.39 is 12.0 Å². The van der Waals surface area contributed by atoms with Crippen LogP contribution in [0.3, 0.4) is 0 Å². The Hall–Kier alpha value is -0.960. The van der Waals surface area contributed by atoms with Crippen molar-refractivity contribution in [3.63, 3.8) is 0 Å². The monoisotopic (exact) mass is 211 g/mol. The first-order valence-electron chi connectivity index (χ1n) is 5.33. The smallest absolute Gasteiger partial charge is 0.263 e. The van der Waals surface area contributed by atoms with Crippen molar-refractivity contribution in [2.24, 2.45) is 0 Å². The topological polar surface area (TPSA) is 12.0 Å². The molecule has 0 amide bonds. The average molecular weight is 211 g/mol. The number of alkyl halides is 2. The first kappa shape index (κ1) is 10.6. The second-order valence-corrected chi connectivity index (χ2v) is 4.06. The van der Waals surface area contributed by atoms with Gasteiger partial charge in [0.25, 0.3) is 5.92 Å². The van der Waals surface area contributed by atoms with Crippen LogP contribution in [0.25, 0.3) is 0 Å². The SMILES string of the molecule is FC1(F)CCCN[C@H]1Cc1ccccc1. The van der Waals surface area contributed by atoms with Crippen molar-refractivity contribution in [3.8, 4) is 0 Å². The Kier molecular flexibility index (Phi) is 3.00. The third kappa shape index (κ3) is 2.53. The first-order valence-corrected chi connectivity index (χ1v) is 5.33. The molecule has 0 spiro atoms. The van der Waals surface area contributed by atoms with Crippen LogP contribution in [0.1, 0.15) is 18.4 Å². The molecule has 0 saturated carbocycles. The summed E-state index contributed by atoms with van der Waals surface area (Å²) in [6.45, 7) is 0.701. The second kappa shape index (κ2) is 4.27. The zero-order valence-corrected chi connectivity index (χ0v) is 8.55. The van der Waals surface area contributed by atoms with E-state index in [1.54, 1.807) is 0 Å². The van der Waals surface area contributed by atoms with Gasteiger partial charge in [0.2, 0.25) is 0 Å². The molecule has 3 heteroatoms. The Morgan fingerprint density at radius 2 is 2.00 bits per heavy atom. The fraction of sp³-hybridized carbons (Fsp3) is 0.500. The van der Waals surface area contributed by atoms with Gasteiger partial charge in [-0.05, 0) is 24.9 Å². The molecule has 1 nitrogen and oxygen atoms in total. The molecule has 1 saturated heterocycles. The highest BCUT2D eigenvalue weighted by Gasteiger charge is 2.40. The van der Waals surface area contributed by atoms with Crippen LogP contribution < -0.4 is 5.32 Å². The molecule has 1 aliphatic heterocycles. The van der Waals surface area contributed by atoms with E-state index in [-0.39, 0.29) is 6.42 Å². The molecule has 1 fully saturated rings. The summed E-state index contributed by atoms with van der Waals surface area (Å²) in [6, 6.07) is 8.76. The Morgan fingerprint density at radius 1 is 1.27 bits per heavy atom. The quantitative estimate of drug-likeness (QED) is 0.793. The van der Waals surface area contributed by atoms with Gasteiger partial charge in [0.1, 0.15) is 0 Å². The lowest BCUT2D eigenvalue weighted by atomic mass is 9.94. The lowest BCUT2D eigenvalue weighted by Crippen LogP contribution is -2.50. The van der Waals surface area contributed by atoms with E-state index in [1.807, 2.05) is 30.3 Å². The van der Waals surface area contributed by atoms with Crippen molar-refractivity contribution >= 4 is 0 Å². The third-order valence-corrected chi connectivity index (χ3v) is 2.87. The van der Waals surface area contributed by atoms with Crippen LogP contribution in [-0.2, 0) is 6.42 Å². The number of halogens is 2. The Balaban J connectivity index is 2.05. The third-order valence-electron chi connectivity index (χ3n) is 2.87. The summed E-state index contributed by atoms with van der Waals surface area (Å²) in [5.41, 5.74) is 0.969. The Morgan fingerprint density at radius 3 is 2.67 bits per heavy atom. The van der Waals surface area contributed by atoms with Gasteiger partial charge in [0, 0.05) is 6.42 Å². The maximum atomic E-state index is 13.5. The maximum Gasteiger partial charge on any atom is 0.263 e. The van der Waals surface area contributed by atoms with Crippen LogP contribution in [0, 0.1) is 0 Å². The van der Waals surface area contributed by atoms with Gasteiger partial charge in [0.15, 0.2) is 0 Å². The molecule has 0 radical (unpaired) electrons. The molecule has 1 heterocycles. The summed E-state index contributed by atoms with van der Waals surface area (Å²) in [5.74, 6) is -2.56. The maximum absolute atomic E-state index is 13.5. The zero-order valence-electron chi connectivity index (χ0n) is 8.55. The molecule has 1 aromatic carbocycles. The van der Waals surface area contributed by atoms with Gasteiger partial charge in [-0.2, -0.15) is 0 Å². The number of hydrogen-bond acceptors (Lipinski definition) is 1. The van der Waals surface area contributed by atoms with Crippen molar-refractivity contribution in [2.45, 2.75) is 31.2 Å². The van der Waals surface area contributed by atoms with E-state index in [4.69, 9.17) is 0 Å². The van der Waals surface area contributed by atoms with E-state index in [2.05, 4.69) is 5.32 Å². The van der Waals surface area contributed by atoms with Gasteiger partial charge < -0.3 is 5.32 Å². The summed E-state index contributed by atoms with van der Waals surface area (Å²) >= 11 is 0. The van der Waals surface area contributed by atoms with E-state index in [9.17, 15) is 8.78 Å². The van der Waals surface area contributed by atoms with Gasteiger partial charge >= 0.3 is 0 Å². The second-order valence-electron chi connectivity index (χ2n) is 4.06. The van der Waals surface area contributed by atoms with Crippen molar-refractivity contribution in [2.75, 3.05) is 6.54 Å². The highest BCUT2D eigenvalue weighted by atomic mass is 19.3. The average Bonchev–Trinajstić information content (AvgIpc) is 2.23. The summed E-state index contributed by atoms with van der Waals surface area (Å²) < 4.78 is 27.0. The highest BCUT2D eigenvalue weighted by Crippen LogP contribution is 2.29. The minimum Gasteiger partial charge on any atom is -0.308 e. The lowest BCUT2D eigenvalue weighted by Gasteiger charge is -2.32. The van der Waals surface area contributed by atoms with Gasteiger partial charge in [-0.1, -0.05) is 30.3 Å². The molecular weight excluding hydrogens is 196 g/mol. The summed E-state index contributed by atoms with van der Waals surface area (Å²) in [5, 5.41) is 2.91. The number of rotatable bonds is 2. The van der Waals surface area contributed by atoms with Crippen LogP contribution in [0.4, 0.5) is 8.78 Å². The first-order chi connectivity index (χ1) is 7.18. The van der Waals surface area contributed by atoms with Gasteiger partial charge in [-0.3, -0.25) is 0 Å². The molecule has 1 aliphatic rings. The van der Waals surface area contributed by atoms with E-state index in [0.29, 0.717) is 19.4 Å². The van der Waals surface area contributed by atoms with Crippen LogP contribution >= 0.6 is 0 Å². The highest BCUT2D eigenvalue weighted by molar-refractivity contribution is 5.17. The van der Waals surface area contributed by atoms with Gasteiger partial charge in [-0.25, -0.2) is 8.78 Å². The fourth-order valence-corrected chi connectivity index (χ4v) is 2.00. The van der Waals surface area contributed by atoms with Crippen LogP contribution in [-0.4, -0.2) is 18.5 Å². The fourth-order valence-electron chi connectivity index (χ4n) is 2.00. The molecule has 82 valence electrons. The normalized spacial score (nSPS) is 25.1. The number of piperidine rings is 1. The predicted octanol–water partition coefficient (Wildman–Crippen LogP) is 2.62. The number of nitrogens with one attached hydrogen (secondary N) is 1. The van der Waals surface area contributed by atoms with E-state index in [1.165, 1.54) is 0 Å². The van der Waals surface area contributed by atoms with E-state index in [0.717, 1.165) is 5.56 Å². The molecule has 15 heavy (non-hydrogen) atoms. The molecule has 0 unspecified atom stereocenters. The van der Waals surface area contributed by atoms with Crippen LogP contribution in [0.15, 0.2) is 30.3 Å². The lowest BCUT2D eigenvalue weighted by molar-refractivity contribution is -0.0602. The molecule has 0 bridgehead atoms. The van der Waals surface area contributed by atoms with Crippen molar-refractivity contribution in [1.82, 2.24) is 5.32 Å².